The number of imidazole rings is 1. The molecule has 1 unspecified atom stereocenters. The van der Waals surface area contributed by atoms with Gasteiger partial charge in [0, 0.05) is 37.6 Å². The topological polar surface area (TPSA) is 89.9 Å². The molecule has 4 heterocycles. The molecule has 1 atom stereocenters. The van der Waals surface area contributed by atoms with Gasteiger partial charge in [-0.25, -0.2) is 15.0 Å². The highest BCUT2D eigenvalue weighted by Gasteiger charge is 2.29. The number of piperidine rings is 1. The van der Waals surface area contributed by atoms with Crippen molar-refractivity contribution in [2.75, 3.05) is 6.54 Å². The smallest absolute Gasteiger partial charge is 0.224 e. The molecule has 1 saturated heterocycles. The fraction of sp³-hybridized carbons (Fsp3) is 0.476. The molecule has 1 aliphatic rings. The van der Waals surface area contributed by atoms with Crippen LogP contribution in [0.25, 0.3) is 11.4 Å². The average Bonchev–Trinajstić information content (AvgIpc) is 3.35. The third-order valence-electron chi connectivity index (χ3n) is 5.44. The molecule has 1 aliphatic heterocycles. The van der Waals surface area contributed by atoms with Crippen LogP contribution < -0.4 is 0 Å². The monoisotopic (exact) mass is 394 g/mol. The predicted molar refractivity (Wildman–Crippen MR) is 107 cm³/mol. The van der Waals surface area contributed by atoms with E-state index in [-0.39, 0.29) is 11.9 Å². The Morgan fingerprint density at radius 3 is 2.83 bits per heavy atom. The van der Waals surface area contributed by atoms with E-state index in [9.17, 15) is 4.79 Å². The Morgan fingerprint density at radius 1 is 1.24 bits per heavy atom. The fourth-order valence-corrected chi connectivity index (χ4v) is 4.00. The first-order valence-electron chi connectivity index (χ1n) is 10.1. The molecule has 0 radical (unpaired) electrons. The zero-order chi connectivity index (χ0) is 20.4. The van der Waals surface area contributed by atoms with E-state index in [1.54, 1.807) is 12.5 Å². The Balaban J connectivity index is 1.60. The summed E-state index contributed by atoms with van der Waals surface area (Å²) in [5.41, 5.74) is 3.38. The summed E-state index contributed by atoms with van der Waals surface area (Å²) in [7, 11) is 0. The summed E-state index contributed by atoms with van der Waals surface area (Å²) in [6.45, 7) is 7.12. The highest BCUT2D eigenvalue weighted by atomic mass is 16.5. The zero-order valence-corrected chi connectivity index (χ0v) is 17.1. The third-order valence-corrected chi connectivity index (χ3v) is 5.44. The van der Waals surface area contributed by atoms with Gasteiger partial charge in [0.05, 0.1) is 29.3 Å². The van der Waals surface area contributed by atoms with Crippen molar-refractivity contribution in [2.45, 2.75) is 59.0 Å². The summed E-state index contributed by atoms with van der Waals surface area (Å²) in [4.78, 5) is 28.5. The van der Waals surface area contributed by atoms with Crippen LogP contribution in [0.3, 0.4) is 0 Å². The van der Waals surface area contributed by atoms with Crippen LogP contribution in [0.4, 0.5) is 0 Å². The van der Waals surface area contributed by atoms with Crippen LogP contribution in [-0.2, 0) is 11.3 Å². The first kappa shape index (κ1) is 19.3. The van der Waals surface area contributed by atoms with Crippen molar-refractivity contribution in [1.82, 2.24) is 29.6 Å². The highest BCUT2D eigenvalue weighted by Crippen LogP contribution is 2.32. The van der Waals surface area contributed by atoms with Crippen molar-refractivity contribution < 1.29 is 9.32 Å². The number of hydrogen-bond acceptors (Lipinski definition) is 6. The lowest BCUT2D eigenvalue weighted by Gasteiger charge is -2.35. The molecule has 0 bridgehead atoms. The van der Waals surface area contributed by atoms with Gasteiger partial charge in [-0.2, -0.15) is 0 Å². The molecule has 29 heavy (non-hydrogen) atoms. The quantitative estimate of drug-likeness (QED) is 0.659. The maximum atomic E-state index is 13.0. The lowest BCUT2D eigenvalue weighted by Crippen LogP contribution is -2.39. The van der Waals surface area contributed by atoms with E-state index < -0.39 is 0 Å². The summed E-state index contributed by atoms with van der Waals surface area (Å²) in [5.74, 6) is 1.47. The van der Waals surface area contributed by atoms with Gasteiger partial charge in [0.25, 0.3) is 0 Å². The summed E-state index contributed by atoms with van der Waals surface area (Å²) < 4.78 is 7.23. The van der Waals surface area contributed by atoms with E-state index >= 15 is 0 Å². The van der Waals surface area contributed by atoms with E-state index in [1.807, 2.05) is 42.5 Å². The molecule has 3 aromatic heterocycles. The van der Waals surface area contributed by atoms with Gasteiger partial charge in [-0.1, -0.05) is 5.16 Å². The molecule has 0 spiro atoms. The van der Waals surface area contributed by atoms with Gasteiger partial charge in [-0.3, -0.25) is 4.79 Å². The minimum absolute atomic E-state index is 0.0278. The molecule has 1 amide bonds. The maximum Gasteiger partial charge on any atom is 0.224 e. The highest BCUT2D eigenvalue weighted by molar-refractivity contribution is 5.76. The van der Waals surface area contributed by atoms with Crippen LogP contribution >= 0.6 is 0 Å². The lowest BCUT2D eigenvalue weighted by atomic mass is 9.98. The van der Waals surface area contributed by atoms with E-state index in [2.05, 4.69) is 15.1 Å². The minimum Gasteiger partial charge on any atom is -0.361 e. The van der Waals surface area contributed by atoms with Gasteiger partial charge < -0.3 is 14.0 Å². The normalized spacial score (nSPS) is 16.9. The number of amides is 1. The van der Waals surface area contributed by atoms with Crippen LogP contribution in [-0.4, -0.2) is 42.0 Å². The van der Waals surface area contributed by atoms with Crippen molar-refractivity contribution in [2.24, 2.45) is 0 Å². The predicted octanol–water partition coefficient (Wildman–Crippen LogP) is 3.40. The second-order valence-electron chi connectivity index (χ2n) is 7.61. The van der Waals surface area contributed by atoms with Crippen LogP contribution in [0.2, 0.25) is 0 Å². The van der Waals surface area contributed by atoms with Crippen LogP contribution in [0.1, 0.15) is 54.6 Å². The standard InChI is InChI=1S/C21H26N6O2/c1-14-12-17(24-21(23-14)20-15(2)25-29-16(20)3)18-6-4-5-9-27(18)19(28)7-10-26-11-8-22-13-26/h8,11-13,18H,4-7,9-10H2,1-3H3. The van der Waals surface area contributed by atoms with E-state index in [1.165, 1.54) is 0 Å². The average molecular weight is 394 g/mol. The summed E-state index contributed by atoms with van der Waals surface area (Å²) in [6.07, 6.45) is 8.82. The first-order chi connectivity index (χ1) is 14.0. The number of carbonyl (C=O) groups is 1. The molecule has 0 aromatic carbocycles. The molecule has 152 valence electrons. The Kier molecular flexibility index (Phi) is 5.42. The van der Waals surface area contributed by atoms with Crippen molar-refractivity contribution in [3.05, 3.63) is 47.6 Å². The van der Waals surface area contributed by atoms with Crippen molar-refractivity contribution in [3.8, 4) is 11.4 Å². The molecule has 8 nitrogen and oxygen atoms in total. The Hall–Kier alpha value is -3.03. The number of carbonyl (C=O) groups excluding carboxylic acids is 1. The first-order valence-corrected chi connectivity index (χ1v) is 10.1. The largest absolute Gasteiger partial charge is 0.361 e. The Bertz CT molecular complexity index is 975. The van der Waals surface area contributed by atoms with E-state index in [0.29, 0.717) is 24.6 Å². The minimum atomic E-state index is -0.0278. The van der Waals surface area contributed by atoms with E-state index in [4.69, 9.17) is 9.51 Å². The molecule has 0 N–H and O–H groups in total. The molecule has 0 saturated carbocycles. The maximum absolute atomic E-state index is 13.0. The summed E-state index contributed by atoms with van der Waals surface area (Å²) in [6, 6.07) is 1.97. The molecule has 3 aromatic rings. The number of rotatable bonds is 5. The number of likely N-dealkylation sites (tertiary alicyclic amines) is 1. The summed E-state index contributed by atoms with van der Waals surface area (Å²) >= 11 is 0. The Labute approximate surface area is 170 Å². The summed E-state index contributed by atoms with van der Waals surface area (Å²) in [5, 5.41) is 4.03. The second kappa shape index (κ2) is 8.14. The van der Waals surface area contributed by atoms with Crippen LogP contribution in [0.15, 0.2) is 29.3 Å². The number of aryl methyl sites for hydroxylation is 4. The molecule has 4 rings (SSSR count). The molecule has 0 aliphatic carbocycles. The molecular formula is C21H26N6O2. The van der Waals surface area contributed by atoms with Crippen LogP contribution in [0, 0.1) is 20.8 Å². The number of aromatic nitrogens is 5. The zero-order valence-electron chi connectivity index (χ0n) is 17.1. The number of nitrogens with zero attached hydrogens (tertiary/aromatic N) is 6. The third kappa shape index (κ3) is 4.06. The number of hydrogen-bond donors (Lipinski definition) is 0. The van der Waals surface area contributed by atoms with Crippen LogP contribution in [0.5, 0.6) is 0 Å². The SMILES string of the molecule is Cc1cc(C2CCCCN2C(=O)CCn2ccnc2)nc(-c2c(C)noc2C)n1. The van der Waals surface area contributed by atoms with Gasteiger partial charge in [0.2, 0.25) is 5.91 Å². The van der Waals surface area contributed by atoms with Crippen molar-refractivity contribution in [3.63, 3.8) is 0 Å². The molecular weight excluding hydrogens is 368 g/mol. The van der Waals surface area contributed by atoms with Gasteiger partial charge in [0.15, 0.2) is 5.82 Å². The van der Waals surface area contributed by atoms with E-state index in [0.717, 1.165) is 48.5 Å². The van der Waals surface area contributed by atoms with Gasteiger partial charge in [-0.05, 0) is 46.1 Å². The van der Waals surface area contributed by atoms with Gasteiger partial charge in [0.1, 0.15) is 5.76 Å². The Morgan fingerprint density at radius 2 is 2.10 bits per heavy atom. The lowest BCUT2D eigenvalue weighted by molar-refractivity contribution is -0.135. The molecule has 1 fully saturated rings. The molecule has 8 heteroatoms. The fourth-order valence-electron chi connectivity index (χ4n) is 4.00. The van der Waals surface area contributed by atoms with Crippen molar-refractivity contribution >= 4 is 5.91 Å². The second-order valence-corrected chi connectivity index (χ2v) is 7.61. The van der Waals surface area contributed by atoms with Gasteiger partial charge in [-0.15, -0.1) is 0 Å². The van der Waals surface area contributed by atoms with Gasteiger partial charge >= 0.3 is 0 Å². The van der Waals surface area contributed by atoms with Crippen molar-refractivity contribution in [1.29, 1.82) is 0 Å².